The Morgan fingerprint density at radius 2 is 1.38 bits per heavy atom. The van der Waals surface area contributed by atoms with Crippen LogP contribution in [-0.4, -0.2) is 51.2 Å². The molecular formula is C27H50N4O. The van der Waals surface area contributed by atoms with Crippen LogP contribution in [0.4, 0.5) is 0 Å². The van der Waals surface area contributed by atoms with Gasteiger partial charge in [0.2, 0.25) is 5.91 Å². The molecule has 0 aromatic rings. The van der Waals surface area contributed by atoms with Crippen molar-refractivity contribution in [3.8, 4) is 0 Å². The second-order valence-electron chi connectivity index (χ2n) is 8.70. The van der Waals surface area contributed by atoms with Crippen LogP contribution in [0.5, 0.6) is 0 Å². The van der Waals surface area contributed by atoms with Crippen molar-refractivity contribution in [3.05, 3.63) is 36.5 Å². The van der Waals surface area contributed by atoms with Crippen LogP contribution in [0.25, 0.3) is 0 Å². The SMILES string of the molecule is CCC=CCC=CCC=CCCCCC1CC(=O)NCCCNCCCCNCCCN1. The first-order chi connectivity index (χ1) is 15.8. The molecule has 32 heavy (non-hydrogen) atoms. The van der Waals surface area contributed by atoms with Crippen molar-refractivity contribution < 1.29 is 4.79 Å². The number of unbranched alkanes of at least 4 members (excludes halogenated alkanes) is 2. The first-order valence-electron chi connectivity index (χ1n) is 13.2. The van der Waals surface area contributed by atoms with Gasteiger partial charge in [-0.1, -0.05) is 49.8 Å². The topological polar surface area (TPSA) is 65.2 Å². The molecule has 1 heterocycles. The predicted octanol–water partition coefficient (Wildman–Crippen LogP) is 4.62. The summed E-state index contributed by atoms with van der Waals surface area (Å²) in [6, 6.07) is 0.284. The first-order valence-corrected chi connectivity index (χ1v) is 13.2. The lowest BCUT2D eigenvalue weighted by Gasteiger charge is -2.18. The monoisotopic (exact) mass is 446 g/mol. The van der Waals surface area contributed by atoms with Gasteiger partial charge in [-0.2, -0.15) is 0 Å². The van der Waals surface area contributed by atoms with E-state index in [-0.39, 0.29) is 11.9 Å². The van der Waals surface area contributed by atoms with Gasteiger partial charge in [-0.15, -0.1) is 0 Å². The lowest BCUT2D eigenvalue weighted by atomic mass is 10.0. The van der Waals surface area contributed by atoms with E-state index in [1.807, 2.05) is 0 Å². The molecule has 0 spiro atoms. The second-order valence-corrected chi connectivity index (χ2v) is 8.70. The molecule has 0 aliphatic carbocycles. The van der Waals surface area contributed by atoms with Gasteiger partial charge in [-0.3, -0.25) is 4.79 Å². The molecule has 1 fully saturated rings. The van der Waals surface area contributed by atoms with Crippen molar-refractivity contribution >= 4 is 5.91 Å². The molecule has 5 nitrogen and oxygen atoms in total. The summed E-state index contributed by atoms with van der Waals surface area (Å²) in [5.74, 6) is 0.186. The van der Waals surface area contributed by atoms with Crippen molar-refractivity contribution in [2.45, 2.75) is 90.0 Å². The zero-order valence-corrected chi connectivity index (χ0v) is 20.7. The third-order valence-corrected chi connectivity index (χ3v) is 5.66. The fourth-order valence-electron chi connectivity index (χ4n) is 3.76. The Morgan fingerprint density at radius 3 is 2.09 bits per heavy atom. The quantitative estimate of drug-likeness (QED) is 0.292. The average Bonchev–Trinajstić information content (AvgIpc) is 2.79. The minimum atomic E-state index is 0.186. The highest BCUT2D eigenvalue weighted by Crippen LogP contribution is 2.08. The van der Waals surface area contributed by atoms with Crippen LogP contribution in [0.15, 0.2) is 36.5 Å². The molecule has 1 aliphatic rings. The van der Waals surface area contributed by atoms with E-state index in [9.17, 15) is 4.79 Å². The lowest BCUT2D eigenvalue weighted by Crippen LogP contribution is -2.37. The van der Waals surface area contributed by atoms with E-state index in [4.69, 9.17) is 0 Å². The molecule has 1 saturated heterocycles. The standard InChI is InChI=1S/C27H50N4O/c1-2-3-4-5-6-7-8-9-10-11-12-13-18-26-25-27(32)31-24-17-22-29-20-15-14-19-28-21-16-23-30-26/h3-4,6-7,9-10,26,28-30H,2,5,8,11-25H2,1H3,(H,31,32). The molecule has 4 N–H and O–H groups in total. The summed E-state index contributed by atoms with van der Waals surface area (Å²) < 4.78 is 0. The van der Waals surface area contributed by atoms with Crippen molar-refractivity contribution in [1.82, 2.24) is 21.3 Å². The van der Waals surface area contributed by atoms with E-state index in [2.05, 4.69) is 64.6 Å². The molecule has 1 rings (SSSR count). The third-order valence-electron chi connectivity index (χ3n) is 5.66. The number of carbonyl (C=O) groups excluding carboxylic acids is 1. The van der Waals surface area contributed by atoms with Crippen LogP contribution in [0.2, 0.25) is 0 Å². The third kappa shape index (κ3) is 19.3. The molecule has 0 saturated carbocycles. The van der Waals surface area contributed by atoms with E-state index in [0.717, 1.165) is 90.6 Å². The Hall–Kier alpha value is -1.43. The average molecular weight is 447 g/mol. The van der Waals surface area contributed by atoms with Gasteiger partial charge in [0, 0.05) is 19.0 Å². The highest BCUT2D eigenvalue weighted by atomic mass is 16.1. The maximum Gasteiger partial charge on any atom is 0.221 e. The van der Waals surface area contributed by atoms with Gasteiger partial charge in [0.1, 0.15) is 0 Å². The maximum absolute atomic E-state index is 12.4. The van der Waals surface area contributed by atoms with Crippen LogP contribution in [0.3, 0.4) is 0 Å². The van der Waals surface area contributed by atoms with Crippen molar-refractivity contribution in [2.75, 3.05) is 39.3 Å². The highest BCUT2D eigenvalue weighted by molar-refractivity contribution is 5.76. The summed E-state index contributed by atoms with van der Waals surface area (Å²) in [7, 11) is 0. The van der Waals surface area contributed by atoms with E-state index in [0.29, 0.717) is 6.42 Å². The Balaban J connectivity index is 2.24. The molecule has 1 unspecified atom stereocenters. The zero-order chi connectivity index (χ0) is 23.0. The van der Waals surface area contributed by atoms with Crippen LogP contribution < -0.4 is 21.3 Å². The number of hydrogen-bond donors (Lipinski definition) is 4. The normalized spacial score (nSPS) is 21.3. The van der Waals surface area contributed by atoms with E-state index < -0.39 is 0 Å². The molecule has 1 atom stereocenters. The smallest absolute Gasteiger partial charge is 0.221 e. The highest BCUT2D eigenvalue weighted by Gasteiger charge is 2.13. The Kier molecular flexibility index (Phi) is 20.3. The number of hydrogen-bond acceptors (Lipinski definition) is 4. The van der Waals surface area contributed by atoms with Crippen LogP contribution in [0.1, 0.15) is 84.0 Å². The molecule has 0 bridgehead atoms. The van der Waals surface area contributed by atoms with Crippen molar-refractivity contribution in [3.63, 3.8) is 0 Å². The minimum absolute atomic E-state index is 0.186. The second kappa shape index (κ2) is 22.8. The summed E-state index contributed by atoms with van der Waals surface area (Å²) in [5.41, 5.74) is 0. The molecule has 0 radical (unpaired) electrons. The summed E-state index contributed by atoms with van der Waals surface area (Å²) in [6.45, 7) is 8.12. The van der Waals surface area contributed by atoms with Gasteiger partial charge >= 0.3 is 0 Å². The molecule has 1 aliphatic heterocycles. The number of carbonyl (C=O) groups is 1. The molecule has 0 aromatic heterocycles. The zero-order valence-electron chi connectivity index (χ0n) is 20.7. The van der Waals surface area contributed by atoms with E-state index in [1.54, 1.807) is 0 Å². The molecular weight excluding hydrogens is 396 g/mol. The molecule has 184 valence electrons. The van der Waals surface area contributed by atoms with E-state index in [1.165, 1.54) is 19.3 Å². The summed E-state index contributed by atoms with van der Waals surface area (Å²) in [4.78, 5) is 12.4. The molecule has 1 amide bonds. The number of allylic oxidation sites excluding steroid dienone is 6. The number of nitrogens with one attached hydrogen (secondary N) is 4. The molecule has 5 heteroatoms. The van der Waals surface area contributed by atoms with E-state index >= 15 is 0 Å². The van der Waals surface area contributed by atoms with Crippen molar-refractivity contribution in [1.29, 1.82) is 0 Å². The Bertz CT molecular complexity index is 516. The van der Waals surface area contributed by atoms with Gasteiger partial charge in [-0.25, -0.2) is 0 Å². The summed E-state index contributed by atoms with van der Waals surface area (Å²) >= 11 is 0. The van der Waals surface area contributed by atoms with Crippen molar-refractivity contribution in [2.24, 2.45) is 0 Å². The summed E-state index contributed by atoms with van der Waals surface area (Å²) in [5, 5.41) is 13.7. The van der Waals surface area contributed by atoms with Gasteiger partial charge < -0.3 is 21.3 Å². The Labute approximate surface area is 198 Å². The van der Waals surface area contributed by atoms with Crippen LogP contribution in [0, 0.1) is 0 Å². The number of rotatable bonds is 10. The fourth-order valence-corrected chi connectivity index (χ4v) is 3.76. The van der Waals surface area contributed by atoms with Gasteiger partial charge in [0.15, 0.2) is 0 Å². The Morgan fingerprint density at radius 1 is 0.750 bits per heavy atom. The fraction of sp³-hybridized carbons (Fsp3) is 0.741. The summed E-state index contributed by atoms with van der Waals surface area (Å²) in [6.07, 6.45) is 26.3. The lowest BCUT2D eigenvalue weighted by molar-refractivity contribution is -0.121. The van der Waals surface area contributed by atoms with Gasteiger partial charge in [-0.05, 0) is 96.9 Å². The maximum atomic E-state index is 12.4. The van der Waals surface area contributed by atoms with Gasteiger partial charge in [0.05, 0.1) is 0 Å². The van der Waals surface area contributed by atoms with Crippen LogP contribution >= 0.6 is 0 Å². The predicted molar refractivity (Wildman–Crippen MR) is 139 cm³/mol. The minimum Gasteiger partial charge on any atom is -0.356 e. The van der Waals surface area contributed by atoms with Gasteiger partial charge in [0.25, 0.3) is 0 Å². The first kappa shape index (κ1) is 28.6. The number of amides is 1. The van der Waals surface area contributed by atoms with Crippen LogP contribution in [-0.2, 0) is 4.79 Å². The largest absolute Gasteiger partial charge is 0.356 e. The molecule has 0 aromatic carbocycles.